The molecule has 0 aliphatic rings. The van der Waals surface area contributed by atoms with E-state index in [0.717, 1.165) is 16.6 Å². The van der Waals surface area contributed by atoms with Crippen LogP contribution in [0.3, 0.4) is 0 Å². The Hall–Kier alpha value is -1.23. The van der Waals surface area contributed by atoms with Crippen LogP contribution in [0.5, 0.6) is 0 Å². The highest BCUT2D eigenvalue weighted by Gasteiger charge is 2.07. The predicted octanol–water partition coefficient (Wildman–Crippen LogP) is 2.12. The quantitative estimate of drug-likeness (QED) is 0.823. The lowest BCUT2D eigenvalue weighted by molar-refractivity contribution is 0.553. The molecule has 1 heterocycles. The Morgan fingerprint density at radius 1 is 1.36 bits per heavy atom. The summed E-state index contributed by atoms with van der Waals surface area (Å²) in [6.07, 6.45) is 0. The smallest absolute Gasteiger partial charge is 0.164 e. The number of hydrogen-bond donors (Lipinski definition) is 0. The van der Waals surface area contributed by atoms with Gasteiger partial charge in [-0.2, -0.15) is 4.80 Å². The fourth-order valence-corrected chi connectivity index (χ4v) is 1.59. The molecular formula is C9H9BrN4. The van der Waals surface area contributed by atoms with E-state index in [2.05, 4.69) is 31.3 Å². The second kappa shape index (κ2) is 3.88. The third kappa shape index (κ3) is 1.68. The highest BCUT2D eigenvalue weighted by Crippen LogP contribution is 2.23. The molecule has 4 nitrogen and oxygen atoms in total. The van der Waals surface area contributed by atoms with E-state index in [4.69, 9.17) is 0 Å². The second-order valence-corrected chi connectivity index (χ2v) is 3.64. The number of hydrogen-bond acceptors (Lipinski definition) is 3. The van der Waals surface area contributed by atoms with E-state index in [-0.39, 0.29) is 0 Å². The Balaban J connectivity index is 2.44. The van der Waals surface area contributed by atoms with Crippen LogP contribution in [0, 0.1) is 0 Å². The molecule has 0 spiro atoms. The van der Waals surface area contributed by atoms with Crippen molar-refractivity contribution in [3.8, 4) is 11.4 Å². The summed E-state index contributed by atoms with van der Waals surface area (Å²) in [5.41, 5.74) is 0.965. The van der Waals surface area contributed by atoms with Gasteiger partial charge in [0, 0.05) is 10.0 Å². The van der Waals surface area contributed by atoms with Crippen LogP contribution < -0.4 is 0 Å². The summed E-state index contributed by atoms with van der Waals surface area (Å²) >= 11 is 3.45. The first-order chi connectivity index (χ1) is 6.81. The monoisotopic (exact) mass is 252 g/mol. The van der Waals surface area contributed by atoms with Crippen molar-refractivity contribution in [2.75, 3.05) is 0 Å². The largest absolute Gasteiger partial charge is 0.206 e. The summed E-state index contributed by atoms with van der Waals surface area (Å²) in [4.78, 5) is 1.56. The number of rotatable bonds is 2. The molecule has 1 aromatic carbocycles. The van der Waals surface area contributed by atoms with Crippen LogP contribution in [-0.2, 0) is 6.54 Å². The molecule has 0 atom stereocenters. The van der Waals surface area contributed by atoms with Gasteiger partial charge in [0.1, 0.15) is 0 Å². The first-order valence-electron chi connectivity index (χ1n) is 4.34. The summed E-state index contributed by atoms with van der Waals surface area (Å²) in [6, 6.07) is 7.83. The van der Waals surface area contributed by atoms with Gasteiger partial charge in [-0.3, -0.25) is 0 Å². The van der Waals surface area contributed by atoms with Crippen molar-refractivity contribution in [2.45, 2.75) is 13.5 Å². The molecule has 2 aromatic rings. The molecule has 0 fully saturated rings. The fraction of sp³-hybridized carbons (Fsp3) is 0.222. The zero-order valence-electron chi connectivity index (χ0n) is 7.68. The molecule has 0 aliphatic carbocycles. The number of nitrogens with zero attached hydrogens (tertiary/aromatic N) is 4. The van der Waals surface area contributed by atoms with Gasteiger partial charge in [-0.1, -0.05) is 28.1 Å². The van der Waals surface area contributed by atoms with Gasteiger partial charge in [0.2, 0.25) is 5.82 Å². The van der Waals surface area contributed by atoms with Crippen molar-refractivity contribution in [3.63, 3.8) is 0 Å². The van der Waals surface area contributed by atoms with Crippen LogP contribution in [0.4, 0.5) is 0 Å². The van der Waals surface area contributed by atoms with Gasteiger partial charge in [-0.15, -0.1) is 10.2 Å². The average Bonchev–Trinajstić information content (AvgIpc) is 2.67. The zero-order chi connectivity index (χ0) is 9.97. The molecule has 0 N–H and O–H groups in total. The van der Waals surface area contributed by atoms with Crippen molar-refractivity contribution >= 4 is 15.9 Å². The average molecular weight is 253 g/mol. The zero-order valence-corrected chi connectivity index (χ0v) is 9.27. The van der Waals surface area contributed by atoms with E-state index in [1.807, 2.05) is 31.2 Å². The van der Waals surface area contributed by atoms with Crippen molar-refractivity contribution in [3.05, 3.63) is 28.7 Å². The maximum atomic E-state index is 4.22. The molecule has 0 saturated carbocycles. The predicted molar refractivity (Wildman–Crippen MR) is 56.6 cm³/mol. The molecule has 14 heavy (non-hydrogen) atoms. The fourth-order valence-electron chi connectivity index (χ4n) is 1.13. The Morgan fingerprint density at radius 3 is 2.79 bits per heavy atom. The van der Waals surface area contributed by atoms with Crippen LogP contribution in [0.2, 0.25) is 0 Å². The van der Waals surface area contributed by atoms with Gasteiger partial charge >= 0.3 is 0 Å². The molecule has 0 aliphatic heterocycles. The second-order valence-electron chi connectivity index (χ2n) is 2.78. The third-order valence-corrected chi connectivity index (χ3v) is 2.54. The summed E-state index contributed by atoms with van der Waals surface area (Å²) in [5.74, 6) is 0.652. The van der Waals surface area contributed by atoms with Gasteiger partial charge in [0.15, 0.2) is 0 Å². The Labute approximate surface area is 90.1 Å². The third-order valence-electron chi connectivity index (χ3n) is 1.85. The van der Waals surface area contributed by atoms with E-state index in [0.29, 0.717) is 5.82 Å². The van der Waals surface area contributed by atoms with Crippen LogP contribution in [0.15, 0.2) is 28.7 Å². The SMILES string of the molecule is CCn1nnc(-c2ccccc2Br)n1. The maximum Gasteiger partial charge on any atom is 0.206 e. The van der Waals surface area contributed by atoms with Crippen LogP contribution >= 0.6 is 15.9 Å². The summed E-state index contributed by atoms with van der Waals surface area (Å²) < 4.78 is 0.982. The van der Waals surface area contributed by atoms with Crippen LogP contribution in [0.25, 0.3) is 11.4 Å². The minimum absolute atomic E-state index is 0.652. The topological polar surface area (TPSA) is 43.6 Å². The van der Waals surface area contributed by atoms with Crippen molar-refractivity contribution in [2.24, 2.45) is 0 Å². The van der Waals surface area contributed by atoms with E-state index in [9.17, 15) is 0 Å². The molecule has 0 radical (unpaired) electrons. The Bertz CT molecular complexity index is 438. The number of aryl methyl sites for hydroxylation is 1. The standard InChI is InChI=1S/C9H9BrN4/c1-2-14-12-9(11-13-14)7-5-3-4-6-8(7)10/h3-6H,2H2,1H3. The minimum atomic E-state index is 0.652. The highest BCUT2D eigenvalue weighted by atomic mass is 79.9. The molecule has 0 saturated heterocycles. The molecule has 0 bridgehead atoms. The Kier molecular flexibility index (Phi) is 2.58. The molecule has 0 unspecified atom stereocenters. The summed E-state index contributed by atoms with van der Waals surface area (Å²) in [7, 11) is 0. The first-order valence-corrected chi connectivity index (χ1v) is 5.13. The molecule has 0 amide bonds. The Morgan fingerprint density at radius 2 is 2.14 bits per heavy atom. The normalized spacial score (nSPS) is 10.4. The first kappa shape index (κ1) is 9.33. The molecule has 2 rings (SSSR count). The molecule has 72 valence electrons. The lowest BCUT2D eigenvalue weighted by Gasteiger charge is -1.96. The number of benzene rings is 1. The molecular weight excluding hydrogens is 244 g/mol. The molecule has 5 heteroatoms. The number of tetrazole rings is 1. The highest BCUT2D eigenvalue weighted by molar-refractivity contribution is 9.10. The van der Waals surface area contributed by atoms with E-state index >= 15 is 0 Å². The van der Waals surface area contributed by atoms with Gasteiger partial charge in [0.25, 0.3) is 0 Å². The number of aromatic nitrogens is 4. The van der Waals surface area contributed by atoms with E-state index in [1.165, 1.54) is 0 Å². The van der Waals surface area contributed by atoms with Gasteiger partial charge in [0.05, 0.1) is 6.54 Å². The van der Waals surface area contributed by atoms with Gasteiger partial charge < -0.3 is 0 Å². The van der Waals surface area contributed by atoms with Gasteiger partial charge in [-0.25, -0.2) is 0 Å². The van der Waals surface area contributed by atoms with Crippen LogP contribution in [-0.4, -0.2) is 20.2 Å². The lowest BCUT2D eigenvalue weighted by atomic mass is 10.2. The number of halogens is 1. The van der Waals surface area contributed by atoms with Crippen LogP contribution in [0.1, 0.15) is 6.92 Å². The van der Waals surface area contributed by atoms with Crippen molar-refractivity contribution < 1.29 is 0 Å². The molecule has 1 aromatic heterocycles. The minimum Gasteiger partial charge on any atom is -0.164 e. The summed E-state index contributed by atoms with van der Waals surface area (Å²) in [6.45, 7) is 2.71. The van der Waals surface area contributed by atoms with Crippen molar-refractivity contribution in [1.29, 1.82) is 0 Å². The van der Waals surface area contributed by atoms with E-state index < -0.39 is 0 Å². The maximum absolute atomic E-state index is 4.22. The van der Waals surface area contributed by atoms with E-state index in [1.54, 1.807) is 4.80 Å². The summed E-state index contributed by atoms with van der Waals surface area (Å²) in [5, 5.41) is 12.1. The van der Waals surface area contributed by atoms with Crippen molar-refractivity contribution in [1.82, 2.24) is 20.2 Å². The lowest BCUT2D eigenvalue weighted by Crippen LogP contribution is -1.98. The van der Waals surface area contributed by atoms with Gasteiger partial charge in [-0.05, 0) is 24.3 Å².